The summed E-state index contributed by atoms with van der Waals surface area (Å²) in [4.78, 5) is 9.04. The van der Waals surface area contributed by atoms with E-state index in [4.69, 9.17) is 23.2 Å². The minimum atomic E-state index is 0.669. The minimum absolute atomic E-state index is 0.669. The van der Waals surface area contributed by atoms with Crippen LogP contribution in [0, 0.1) is 0 Å². The van der Waals surface area contributed by atoms with Crippen molar-refractivity contribution in [3.8, 4) is 31.7 Å². The number of hydrogen-bond donors (Lipinski definition) is 0. The molecule has 0 bridgehead atoms. The Morgan fingerprint density at radius 2 is 1.14 bits per heavy atom. The third kappa shape index (κ3) is 13.5. The first-order valence-corrected chi connectivity index (χ1v) is 26.1. The van der Waals surface area contributed by atoms with Crippen molar-refractivity contribution in [2.75, 3.05) is 13.2 Å². The number of thiophene rings is 2. The van der Waals surface area contributed by atoms with Gasteiger partial charge in [-0.1, -0.05) is 168 Å². The summed E-state index contributed by atoms with van der Waals surface area (Å²) in [5, 5.41) is 2.20. The molecule has 5 nitrogen and oxygen atoms in total. The van der Waals surface area contributed by atoms with E-state index in [1.807, 2.05) is 22.7 Å². The molecule has 1 aliphatic carbocycles. The highest BCUT2D eigenvalue weighted by atomic mass is 32.1. The van der Waals surface area contributed by atoms with Gasteiger partial charge in [-0.15, -0.1) is 22.7 Å². The Morgan fingerprint density at radius 3 is 1.76 bits per heavy atom. The van der Waals surface area contributed by atoms with Crippen LogP contribution in [0.1, 0.15) is 192 Å². The van der Waals surface area contributed by atoms with Crippen LogP contribution in [0.2, 0.25) is 0 Å². The van der Waals surface area contributed by atoms with Crippen molar-refractivity contribution in [3.63, 3.8) is 0 Å². The molecule has 0 unspecified atom stereocenters. The van der Waals surface area contributed by atoms with E-state index in [-0.39, 0.29) is 0 Å². The second-order valence-electron chi connectivity index (χ2n) is 16.7. The van der Waals surface area contributed by atoms with Gasteiger partial charge in [0.25, 0.3) is 0 Å². The van der Waals surface area contributed by atoms with Crippen molar-refractivity contribution in [2.24, 2.45) is 4.99 Å². The van der Waals surface area contributed by atoms with Crippen LogP contribution in [0.25, 0.3) is 31.2 Å². The fourth-order valence-electron chi connectivity index (χ4n) is 8.32. The van der Waals surface area contributed by atoms with Gasteiger partial charge in [0, 0.05) is 22.1 Å². The van der Waals surface area contributed by atoms with Gasteiger partial charge < -0.3 is 9.47 Å². The lowest BCUT2D eigenvalue weighted by molar-refractivity contribution is 0.259. The number of fused-ring (bicyclic) bond motifs is 4. The van der Waals surface area contributed by atoms with Crippen molar-refractivity contribution in [2.45, 2.75) is 181 Å². The standard InChI is InChI=1S/C51H71N3O2S3/c1-4-7-10-13-15-17-19-21-23-26-34-55-44-38-43-48(54-59-53-43)46(49(44)56-35-27-24-22-20-18-16-14-11-8-5-2)45-37-42-47(41-33-36-57-50(41)51(42)58-45)52-40-31-29-39(30-32-40)28-25-12-9-6-3/h29-33,36-38H,4-28,34-35H2,1-3H3. The summed E-state index contributed by atoms with van der Waals surface area (Å²) in [5.41, 5.74) is 8.69. The molecule has 1 aliphatic rings. The van der Waals surface area contributed by atoms with E-state index in [0.29, 0.717) is 13.2 Å². The molecule has 0 saturated heterocycles. The van der Waals surface area contributed by atoms with Gasteiger partial charge in [-0.25, -0.2) is 4.99 Å². The Morgan fingerprint density at radius 1 is 0.559 bits per heavy atom. The number of unbranched alkanes of at least 4 members (excludes halogenated alkanes) is 21. The highest BCUT2D eigenvalue weighted by Crippen LogP contribution is 2.52. The van der Waals surface area contributed by atoms with Crippen molar-refractivity contribution >= 4 is 56.8 Å². The molecule has 0 aliphatic heterocycles. The summed E-state index contributed by atoms with van der Waals surface area (Å²) in [6, 6.07) is 15.6. The predicted octanol–water partition coefficient (Wildman–Crippen LogP) is 17.4. The van der Waals surface area contributed by atoms with Crippen LogP contribution in [0.5, 0.6) is 11.5 Å². The Labute approximate surface area is 368 Å². The Kier molecular flexibility index (Phi) is 19.8. The van der Waals surface area contributed by atoms with Gasteiger partial charge >= 0.3 is 0 Å². The zero-order chi connectivity index (χ0) is 40.9. The Hall–Kier alpha value is -3.07. The van der Waals surface area contributed by atoms with Gasteiger partial charge in [0.1, 0.15) is 11.0 Å². The topological polar surface area (TPSA) is 56.6 Å². The van der Waals surface area contributed by atoms with Crippen LogP contribution in [0.15, 0.2) is 52.8 Å². The number of aliphatic imine (C=N–C) groups is 1. The Bertz CT molecular complexity index is 1970. The van der Waals surface area contributed by atoms with Crippen molar-refractivity contribution < 1.29 is 9.47 Å². The number of hydrogen-bond acceptors (Lipinski definition) is 8. The molecule has 0 amide bonds. The van der Waals surface area contributed by atoms with E-state index < -0.39 is 0 Å². The lowest BCUT2D eigenvalue weighted by Gasteiger charge is -2.17. The van der Waals surface area contributed by atoms with Crippen LogP contribution in [-0.2, 0) is 6.42 Å². The average Bonchev–Trinajstić information content (AvgIpc) is 4.06. The molecular weight excluding hydrogens is 783 g/mol. The summed E-state index contributed by atoms with van der Waals surface area (Å²) in [6.45, 7) is 8.20. The van der Waals surface area contributed by atoms with Gasteiger partial charge in [-0.2, -0.15) is 8.75 Å². The van der Waals surface area contributed by atoms with Crippen LogP contribution in [0.3, 0.4) is 0 Å². The van der Waals surface area contributed by atoms with Gasteiger partial charge in [0.15, 0.2) is 11.5 Å². The van der Waals surface area contributed by atoms with E-state index >= 15 is 0 Å². The first kappa shape index (κ1) is 45.5. The number of nitrogens with zero attached hydrogens (tertiary/aromatic N) is 3. The zero-order valence-electron chi connectivity index (χ0n) is 36.6. The van der Waals surface area contributed by atoms with E-state index in [0.717, 1.165) is 63.6 Å². The van der Waals surface area contributed by atoms with E-state index in [1.54, 1.807) is 0 Å². The molecule has 0 N–H and O–H groups in total. The first-order valence-electron chi connectivity index (χ1n) is 23.7. The second-order valence-corrected chi connectivity index (χ2v) is 19.2. The van der Waals surface area contributed by atoms with Gasteiger partial charge in [-0.3, -0.25) is 0 Å². The first-order chi connectivity index (χ1) is 29.2. The van der Waals surface area contributed by atoms with Gasteiger partial charge in [-0.05, 0) is 60.9 Å². The zero-order valence-corrected chi connectivity index (χ0v) is 39.0. The fourth-order valence-corrected chi connectivity index (χ4v) is 11.1. The summed E-state index contributed by atoms with van der Waals surface area (Å²) >= 11 is 4.91. The number of rotatable bonds is 31. The fraction of sp³-hybridized carbons (Fsp3) is 0.588. The molecule has 0 spiro atoms. The van der Waals surface area contributed by atoms with Crippen molar-refractivity contribution in [1.29, 1.82) is 0 Å². The predicted molar refractivity (Wildman–Crippen MR) is 258 cm³/mol. The monoisotopic (exact) mass is 853 g/mol. The molecular formula is C51H71N3O2S3. The van der Waals surface area contributed by atoms with Crippen LogP contribution < -0.4 is 9.47 Å². The molecule has 0 saturated carbocycles. The minimum Gasteiger partial charge on any atom is -0.490 e. The summed E-state index contributed by atoms with van der Waals surface area (Å²) in [7, 11) is 0. The molecule has 59 heavy (non-hydrogen) atoms. The number of aryl methyl sites for hydroxylation is 1. The molecule has 6 rings (SSSR count). The van der Waals surface area contributed by atoms with Crippen LogP contribution in [0.4, 0.5) is 5.69 Å². The molecule has 0 atom stereocenters. The number of benzene rings is 2. The van der Waals surface area contributed by atoms with Gasteiger partial charge in [0.2, 0.25) is 0 Å². The summed E-state index contributed by atoms with van der Waals surface area (Å²) < 4.78 is 23.1. The average molecular weight is 854 g/mol. The summed E-state index contributed by atoms with van der Waals surface area (Å²) in [5.74, 6) is 1.63. The molecule has 3 aromatic heterocycles. The second kappa shape index (κ2) is 25.6. The van der Waals surface area contributed by atoms with Crippen LogP contribution >= 0.6 is 34.4 Å². The van der Waals surface area contributed by atoms with Crippen LogP contribution in [-0.4, -0.2) is 27.7 Å². The Balaban J connectivity index is 1.18. The molecule has 3 heterocycles. The smallest absolute Gasteiger partial charge is 0.172 e. The third-order valence-electron chi connectivity index (χ3n) is 11.8. The molecule has 0 fully saturated rings. The van der Waals surface area contributed by atoms with E-state index in [9.17, 15) is 0 Å². The normalized spacial score (nSPS) is 12.8. The molecule has 8 heteroatoms. The molecule has 320 valence electrons. The molecule has 2 aromatic carbocycles. The lowest BCUT2D eigenvalue weighted by atomic mass is 10.1. The van der Waals surface area contributed by atoms with Gasteiger partial charge in [0.05, 0.1) is 51.7 Å². The molecule has 5 aromatic rings. The number of aromatic nitrogens is 2. The van der Waals surface area contributed by atoms with E-state index in [1.165, 1.54) is 179 Å². The maximum absolute atomic E-state index is 6.84. The third-order valence-corrected chi connectivity index (χ3v) is 14.6. The van der Waals surface area contributed by atoms with Crippen molar-refractivity contribution in [1.82, 2.24) is 8.75 Å². The largest absolute Gasteiger partial charge is 0.490 e. The quantitative estimate of drug-likeness (QED) is 0.0409. The lowest BCUT2D eigenvalue weighted by Crippen LogP contribution is -2.04. The molecule has 0 radical (unpaired) electrons. The van der Waals surface area contributed by atoms with E-state index in [2.05, 4.69) is 68.6 Å². The highest BCUT2D eigenvalue weighted by molar-refractivity contribution is 7.24. The number of ether oxygens (including phenoxy) is 2. The van der Waals surface area contributed by atoms with Crippen molar-refractivity contribution in [3.05, 3.63) is 64.5 Å². The summed E-state index contributed by atoms with van der Waals surface area (Å²) in [6.07, 6.45) is 32.3. The SMILES string of the molecule is CCCCCCCCCCCCOc1cc2nsnc2c(-c2cc3c(s2)-c2sccc2C3=Nc2ccc(CCCCCC)cc2)c1OCCCCCCCCCCCC. The highest BCUT2D eigenvalue weighted by Gasteiger charge is 2.32. The maximum atomic E-state index is 6.84. The maximum Gasteiger partial charge on any atom is 0.172 e.